The summed E-state index contributed by atoms with van der Waals surface area (Å²) in [7, 11) is 0. The number of hydrogen-bond donors (Lipinski definition) is 2. The minimum Gasteiger partial charge on any atom is -0.352 e. The molecule has 0 spiro atoms. The zero-order chi connectivity index (χ0) is 14.4. The summed E-state index contributed by atoms with van der Waals surface area (Å²) in [5.74, 6) is 0.639. The van der Waals surface area contributed by atoms with Crippen LogP contribution in [-0.4, -0.2) is 18.0 Å². The summed E-state index contributed by atoms with van der Waals surface area (Å²) in [5.41, 5.74) is 7.24. The lowest BCUT2D eigenvalue weighted by molar-refractivity contribution is -0.123. The third kappa shape index (κ3) is 4.34. The maximum atomic E-state index is 12.1. The van der Waals surface area contributed by atoms with Gasteiger partial charge in [-0.3, -0.25) is 4.79 Å². The van der Waals surface area contributed by atoms with Crippen LogP contribution in [0.15, 0.2) is 30.3 Å². The third-order valence-electron chi connectivity index (χ3n) is 4.40. The first kappa shape index (κ1) is 15.0. The Morgan fingerprint density at radius 1 is 1.30 bits per heavy atom. The molecule has 0 unspecified atom stereocenters. The number of rotatable bonds is 6. The van der Waals surface area contributed by atoms with Crippen molar-refractivity contribution in [1.82, 2.24) is 5.32 Å². The second kappa shape index (κ2) is 7.44. The summed E-state index contributed by atoms with van der Waals surface area (Å²) in [6.07, 6.45) is 6.62. The summed E-state index contributed by atoms with van der Waals surface area (Å²) < 4.78 is 0. The fourth-order valence-corrected chi connectivity index (χ4v) is 3.00. The van der Waals surface area contributed by atoms with Crippen LogP contribution in [0.1, 0.15) is 44.6 Å². The van der Waals surface area contributed by atoms with E-state index >= 15 is 0 Å². The van der Waals surface area contributed by atoms with E-state index in [1.54, 1.807) is 0 Å². The first-order valence-corrected chi connectivity index (χ1v) is 7.76. The van der Waals surface area contributed by atoms with Gasteiger partial charge in [-0.05, 0) is 44.1 Å². The number of nitrogens with one attached hydrogen (secondary N) is 1. The van der Waals surface area contributed by atoms with E-state index in [9.17, 15) is 4.79 Å². The highest BCUT2D eigenvalue weighted by Gasteiger charge is 2.24. The Morgan fingerprint density at radius 2 is 1.95 bits per heavy atom. The highest BCUT2D eigenvalue weighted by molar-refractivity contribution is 5.81. The van der Waals surface area contributed by atoms with Gasteiger partial charge in [0.2, 0.25) is 5.91 Å². The minimum atomic E-state index is -0.404. The average Bonchev–Trinajstić information content (AvgIpc) is 3.00. The van der Waals surface area contributed by atoms with E-state index in [4.69, 9.17) is 5.73 Å². The predicted molar refractivity (Wildman–Crippen MR) is 82.3 cm³/mol. The molecule has 0 heterocycles. The van der Waals surface area contributed by atoms with Crippen LogP contribution >= 0.6 is 0 Å². The molecule has 1 aliphatic carbocycles. The van der Waals surface area contributed by atoms with Gasteiger partial charge in [-0.2, -0.15) is 0 Å². The molecule has 2 atom stereocenters. The van der Waals surface area contributed by atoms with Crippen LogP contribution in [0.5, 0.6) is 0 Å². The minimum absolute atomic E-state index is 0.000307. The van der Waals surface area contributed by atoms with E-state index in [1.807, 2.05) is 18.2 Å². The van der Waals surface area contributed by atoms with Crippen molar-refractivity contribution in [3.05, 3.63) is 35.9 Å². The average molecular weight is 274 g/mol. The quantitative estimate of drug-likeness (QED) is 0.838. The molecular formula is C17H26N2O. The predicted octanol–water partition coefficient (Wildman–Crippen LogP) is 2.64. The second-order valence-corrected chi connectivity index (χ2v) is 5.97. The van der Waals surface area contributed by atoms with Gasteiger partial charge in [-0.1, -0.05) is 43.2 Å². The number of amides is 1. The zero-order valence-corrected chi connectivity index (χ0v) is 12.3. The lowest BCUT2D eigenvalue weighted by atomic mass is 9.99. The maximum absolute atomic E-state index is 12.1. The van der Waals surface area contributed by atoms with Crippen LogP contribution in [0, 0.1) is 5.92 Å². The standard InChI is InChI=1S/C17H26N2O/c1-13(15-9-5-6-10-15)19-17(20)16(18)12-11-14-7-3-2-4-8-14/h2-4,7-8,13,15-16H,5-6,9-12,18H2,1H3,(H,19,20)/t13-,16+/m1/s1. The molecule has 1 fully saturated rings. The molecule has 0 aliphatic heterocycles. The Hall–Kier alpha value is -1.35. The number of carbonyl (C=O) groups is 1. The summed E-state index contributed by atoms with van der Waals surface area (Å²) in [6, 6.07) is 10.0. The van der Waals surface area contributed by atoms with Crippen LogP contribution in [-0.2, 0) is 11.2 Å². The smallest absolute Gasteiger partial charge is 0.237 e. The fraction of sp³-hybridized carbons (Fsp3) is 0.588. The van der Waals surface area contributed by atoms with Crippen molar-refractivity contribution >= 4 is 5.91 Å². The topological polar surface area (TPSA) is 55.1 Å². The van der Waals surface area contributed by atoms with Gasteiger partial charge in [0.1, 0.15) is 0 Å². The third-order valence-corrected chi connectivity index (χ3v) is 4.40. The molecule has 3 heteroatoms. The first-order chi connectivity index (χ1) is 9.66. The van der Waals surface area contributed by atoms with Crippen LogP contribution in [0.3, 0.4) is 0 Å². The molecule has 0 radical (unpaired) electrons. The van der Waals surface area contributed by atoms with Gasteiger partial charge in [0.15, 0.2) is 0 Å². The van der Waals surface area contributed by atoms with Crippen molar-refractivity contribution in [1.29, 1.82) is 0 Å². The largest absolute Gasteiger partial charge is 0.352 e. The van der Waals surface area contributed by atoms with Gasteiger partial charge < -0.3 is 11.1 Å². The number of nitrogens with two attached hydrogens (primary N) is 1. The van der Waals surface area contributed by atoms with Crippen LogP contribution < -0.4 is 11.1 Å². The first-order valence-electron chi connectivity index (χ1n) is 7.76. The van der Waals surface area contributed by atoms with Crippen molar-refractivity contribution in [2.45, 2.75) is 57.5 Å². The van der Waals surface area contributed by atoms with E-state index in [0.29, 0.717) is 12.3 Å². The molecule has 110 valence electrons. The summed E-state index contributed by atoms with van der Waals surface area (Å²) in [5, 5.41) is 3.09. The van der Waals surface area contributed by atoms with Crippen molar-refractivity contribution in [2.24, 2.45) is 11.7 Å². The number of carbonyl (C=O) groups excluding carboxylic acids is 1. The molecule has 1 saturated carbocycles. The van der Waals surface area contributed by atoms with Gasteiger partial charge in [0.05, 0.1) is 6.04 Å². The van der Waals surface area contributed by atoms with Gasteiger partial charge in [-0.25, -0.2) is 0 Å². The van der Waals surface area contributed by atoms with Crippen molar-refractivity contribution in [3.63, 3.8) is 0 Å². The van der Waals surface area contributed by atoms with Crippen molar-refractivity contribution in [3.8, 4) is 0 Å². The van der Waals surface area contributed by atoms with E-state index in [1.165, 1.54) is 31.2 Å². The highest BCUT2D eigenvalue weighted by atomic mass is 16.2. The monoisotopic (exact) mass is 274 g/mol. The summed E-state index contributed by atoms with van der Waals surface area (Å²) >= 11 is 0. The second-order valence-electron chi connectivity index (χ2n) is 5.97. The molecule has 3 nitrogen and oxygen atoms in total. The van der Waals surface area contributed by atoms with Gasteiger partial charge in [0, 0.05) is 6.04 Å². The van der Waals surface area contributed by atoms with Crippen LogP contribution in [0.4, 0.5) is 0 Å². The molecule has 3 N–H and O–H groups in total. The summed E-state index contributed by atoms with van der Waals surface area (Å²) in [6.45, 7) is 2.11. The molecule has 0 saturated heterocycles. The van der Waals surface area contributed by atoms with E-state index in [2.05, 4.69) is 24.4 Å². The lowest BCUT2D eigenvalue weighted by Crippen LogP contribution is -2.46. The zero-order valence-electron chi connectivity index (χ0n) is 12.3. The Labute approximate surface area is 121 Å². The molecule has 0 bridgehead atoms. The fourth-order valence-electron chi connectivity index (χ4n) is 3.00. The molecule has 2 rings (SSSR count). The van der Waals surface area contributed by atoms with Gasteiger partial charge >= 0.3 is 0 Å². The van der Waals surface area contributed by atoms with Crippen LogP contribution in [0.25, 0.3) is 0 Å². The maximum Gasteiger partial charge on any atom is 0.237 e. The Morgan fingerprint density at radius 3 is 2.60 bits per heavy atom. The number of benzene rings is 1. The molecule has 1 amide bonds. The van der Waals surface area contributed by atoms with Crippen molar-refractivity contribution in [2.75, 3.05) is 0 Å². The number of aryl methyl sites for hydroxylation is 1. The Balaban J connectivity index is 1.74. The Bertz CT molecular complexity index is 412. The molecule has 1 aliphatic rings. The molecule has 0 aromatic heterocycles. The number of hydrogen-bond acceptors (Lipinski definition) is 2. The Kier molecular flexibility index (Phi) is 5.60. The SMILES string of the molecule is C[C@@H](NC(=O)[C@@H](N)CCc1ccccc1)C1CCCC1. The molecular weight excluding hydrogens is 248 g/mol. The normalized spacial score (nSPS) is 18.7. The lowest BCUT2D eigenvalue weighted by Gasteiger charge is -2.22. The van der Waals surface area contributed by atoms with E-state index in [-0.39, 0.29) is 11.9 Å². The van der Waals surface area contributed by atoms with Crippen LogP contribution in [0.2, 0.25) is 0 Å². The van der Waals surface area contributed by atoms with Gasteiger partial charge in [0.25, 0.3) is 0 Å². The molecule has 1 aromatic carbocycles. The molecule has 1 aromatic rings. The van der Waals surface area contributed by atoms with Gasteiger partial charge in [-0.15, -0.1) is 0 Å². The highest BCUT2D eigenvalue weighted by Crippen LogP contribution is 2.27. The summed E-state index contributed by atoms with van der Waals surface area (Å²) in [4.78, 5) is 12.1. The van der Waals surface area contributed by atoms with E-state index in [0.717, 1.165) is 6.42 Å². The molecule has 20 heavy (non-hydrogen) atoms. The van der Waals surface area contributed by atoms with E-state index < -0.39 is 6.04 Å². The van der Waals surface area contributed by atoms with Crippen molar-refractivity contribution < 1.29 is 4.79 Å².